The predicted octanol–water partition coefficient (Wildman–Crippen LogP) is 3.93. The molecule has 0 unspecified atom stereocenters. The van der Waals surface area contributed by atoms with Crippen molar-refractivity contribution in [1.29, 1.82) is 0 Å². The van der Waals surface area contributed by atoms with Crippen LogP contribution >= 0.6 is 0 Å². The van der Waals surface area contributed by atoms with E-state index in [1.165, 1.54) is 5.71 Å². The molecule has 0 atom stereocenters. The van der Waals surface area contributed by atoms with E-state index >= 15 is 0 Å². The van der Waals surface area contributed by atoms with Crippen molar-refractivity contribution in [2.24, 2.45) is 10.9 Å². The van der Waals surface area contributed by atoms with E-state index in [9.17, 15) is 0 Å². The lowest BCUT2D eigenvalue weighted by Crippen LogP contribution is -1.98. The van der Waals surface area contributed by atoms with Gasteiger partial charge in [-0.1, -0.05) is 34.6 Å². The van der Waals surface area contributed by atoms with Gasteiger partial charge in [-0.25, -0.2) is 0 Å². The Kier molecular flexibility index (Phi) is 12.6. The Balaban J connectivity index is 0. The summed E-state index contributed by atoms with van der Waals surface area (Å²) in [6.07, 6.45) is 2.31. The fourth-order valence-corrected chi connectivity index (χ4v) is 0.958. The average Bonchev–Trinajstić information content (AvgIpc) is 2.03. The molecule has 0 aliphatic carbocycles. The topological polar surface area (TPSA) is 12.4 Å². The summed E-state index contributed by atoms with van der Waals surface area (Å²) in [7, 11) is 0. The molecule has 0 aliphatic heterocycles. The van der Waals surface area contributed by atoms with E-state index in [4.69, 9.17) is 0 Å². The van der Waals surface area contributed by atoms with Crippen molar-refractivity contribution in [2.75, 3.05) is 6.54 Å². The van der Waals surface area contributed by atoms with Crippen LogP contribution < -0.4 is 0 Å². The molecule has 0 aliphatic rings. The largest absolute Gasteiger partial charge is 0.294 e. The third-order valence-corrected chi connectivity index (χ3v) is 1.31. The molecule has 0 spiro atoms. The quantitative estimate of drug-likeness (QED) is 0.568. The first-order valence-electron chi connectivity index (χ1n) is 5.16. The van der Waals surface area contributed by atoms with Gasteiger partial charge in [0.15, 0.2) is 0 Å². The van der Waals surface area contributed by atoms with Crippen LogP contribution in [0.3, 0.4) is 0 Å². The van der Waals surface area contributed by atoms with Crippen molar-refractivity contribution in [3.8, 4) is 0 Å². The molecule has 0 rings (SSSR count). The number of hydrogen-bond donors (Lipinski definition) is 0. The number of aliphatic imine (C=N–C) groups is 1. The van der Waals surface area contributed by atoms with Gasteiger partial charge in [0.25, 0.3) is 0 Å². The molecule has 0 radical (unpaired) electrons. The summed E-state index contributed by atoms with van der Waals surface area (Å²) in [6, 6.07) is 0. The summed E-state index contributed by atoms with van der Waals surface area (Å²) in [4.78, 5) is 4.40. The van der Waals surface area contributed by atoms with Gasteiger partial charge >= 0.3 is 0 Å². The Labute approximate surface area is 78.3 Å². The Bertz CT molecular complexity index is 104. The van der Waals surface area contributed by atoms with Gasteiger partial charge in [0, 0.05) is 12.3 Å². The van der Waals surface area contributed by atoms with Gasteiger partial charge in [0.2, 0.25) is 0 Å². The molecule has 0 heterocycles. The molecular weight excluding hydrogens is 146 g/mol. The summed E-state index contributed by atoms with van der Waals surface area (Å²) in [5.74, 6) is 0.751. The van der Waals surface area contributed by atoms with Crippen LogP contribution in [-0.2, 0) is 0 Å². The minimum atomic E-state index is 0.751. The highest BCUT2D eigenvalue weighted by molar-refractivity contribution is 5.81. The zero-order chi connectivity index (χ0) is 9.98. The Morgan fingerprint density at radius 3 is 2.08 bits per heavy atom. The Hall–Kier alpha value is -0.330. The van der Waals surface area contributed by atoms with Gasteiger partial charge in [-0.3, -0.25) is 4.99 Å². The van der Waals surface area contributed by atoms with Crippen LogP contribution in [0.1, 0.15) is 54.4 Å². The zero-order valence-corrected chi connectivity index (χ0v) is 9.65. The standard InChI is InChI=1S/C9H19N.C2H6/c1-5-6-10-9(4)7-8(2)3;1-2/h8H,5-7H2,1-4H3;1-2H3. The smallest absolute Gasteiger partial charge is 0.0385 e. The second-order valence-electron chi connectivity index (χ2n) is 3.21. The van der Waals surface area contributed by atoms with Crippen LogP contribution in [0.25, 0.3) is 0 Å². The van der Waals surface area contributed by atoms with Gasteiger partial charge in [-0.2, -0.15) is 0 Å². The molecule has 0 bridgehead atoms. The lowest BCUT2D eigenvalue weighted by Gasteiger charge is -2.02. The summed E-state index contributed by atoms with van der Waals surface area (Å²) in [5.41, 5.74) is 1.30. The molecule has 0 fully saturated rings. The van der Waals surface area contributed by atoms with Gasteiger partial charge in [-0.05, 0) is 25.7 Å². The molecule has 0 saturated carbocycles. The third-order valence-electron chi connectivity index (χ3n) is 1.31. The van der Waals surface area contributed by atoms with Gasteiger partial charge < -0.3 is 0 Å². The average molecular weight is 171 g/mol. The monoisotopic (exact) mass is 171 g/mol. The van der Waals surface area contributed by atoms with Gasteiger partial charge in [0.1, 0.15) is 0 Å². The van der Waals surface area contributed by atoms with Crippen LogP contribution in [0.2, 0.25) is 0 Å². The molecule has 12 heavy (non-hydrogen) atoms. The molecule has 0 aromatic rings. The Morgan fingerprint density at radius 1 is 1.25 bits per heavy atom. The van der Waals surface area contributed by atoms with Crippen LogP contribution in [0.15, 0.2) is 4.99 Å². The molecule has 0 aromatic carbocycles. The SMILES string of the molecule is CC.CCCN=C(C)CC(C)C. The molecular formula is C11H25N. The molecule has 0 amide bonds. The van der Waals surface area contributed by atoms with E-state index in [0.29, 0.717) is 0 Å². The lowest BCUT2D eigenvalue weighted by atomic mass is 10.1. The van der Waals surface area contributed by atoms with Crippen molar-refractivity contribution < 1.29 is 0 Å². The fourth-order valence-electron chi connectivity index (χ4n) is 0.958. The van der Waals surface area contributed by atoms with Crippen LogP contribution in [0.4, 0.5) is 0 Å². The van der Waals surface area contributed by atoms with Crippen LogP contribution in [-0.4, -0.2) is 12.3 Å². The first-order valence-corrected chi connectivity index (χ1v) is 5.16. The minimum Gasteiger partial charge on any atom is -0.294 e. The number of rotatable bonds is 4. The van der Waals surface area contributed by atoms with Crippen molar-refractivity contribution in [1.82, 2.24) is 0 Å². The second-order valence-corrected chi connectivity index (χ2v) is 3.21. The molecule has 1 nitrogen and oxygen atoms in total. The highest BCUT2D eigenvalue weighted by Gasteiger charge is 1.94. The second kappa shape index (κ2) is 10.7. The van der Waals surface area contributed by atoms with Crippen LogP contribution in [0.5, 0.6) is 0 Å². The maximum absolute atomic E-state index is 4.40. The predicted molar refractivity (Wildman–Crippen MR) is 59.1 cm³/mol. The summed E-state index contributed by atoms with van der Waals surface area (Å²) >= 11 is 0. The highest BCUT2D eigenvalue weighted by atomic mass is 14.7. The van der Waals surface area contributed by atoms with Crippen molar-refractivity contribution in [3.05, 3.63) is 0 Å². The zero-order valence-electron chi connectivity index (χ0n) is 9.65. The third kappa shape index (κ3) is 12.4. The molecule has 74 valence electrons. The fraction of sp³-hybridized carbons (Fsp3) is 0.909. The first-order chi connectivity index (χ1) is 5.66. The molecule has 1 heteroatoms. The molecule has 0 saturated heterocycles. The highest BCUT2D eigenvalue weighted by Crippen LogP contribution is 2.01. The first kappa shape index (κ1) is 14.2. The normalized spacial score (nSPS) is 11.1. The maximum Gasteiger partial charge on any atom is 0.0385 e. The number of hydrogen-bond acceptors (Lipinski definition) is 1. The van der Waals surface area contributed by atoms with Gasteiger partial charge in [-0.15, -0.1) is 0 Å². The van der Waals surface area contributed by atoms with E-state index in [1.807, 2.05) is 13.8 Å². The van der Waals surface area contributed by atoms with Gasteiger partial charge in [0.05, 0.1) is 0 Å². The Morgan fingerprint density at radius 2 is 1.75 bits per heavy atom. The minimum absolute atomic E-state index is 0.751. The lowest BCUT2D eigenvalue weighted by molar-refractivity contribution is 0.679. The molecule has 0 aromatic heterocycles. The van der Waals surface area contributed by atoms with Crippen LogP contribution in [0, 0.1) is 5.92 Å². The molecule has 0 N–H and O–H groups in total. The van der Waals surface area contributed by atoms with E-state index in [1.54, 1.807) is 0 Å². The van der Waals surface area contributed by atoms with E-state index in [-0.39, 0.29) is 0 Å². The van der Waals surface area contributed by atoms with E-state index < -0.39 is 0 Å². The van der Waals surface area contributed by atoms with E-state index in [2.05, 4.69) is 32.7 Å². The van der Waals surface area contributed by atoms with E-state index in [0.717, 1.165) is 25.3 Å². The summed E-state index contributed by atoms with van der Waals surface area (Å²) in [6.45, 7) is 13.7. The van der Waals surface area contributed by atoms with Crippen molar-refractivity contribution in [2.45, 2.75) is 54.4 Å². The summed E-state index contributed by atoms with van der Waals surface area (Å²) < 4.78 is 0. The maximum atomic E-state index is 4.40. The number of nitrogens with zero attached hydrogens (tertiary/aromatic N) is 1. The van der Waals surface area contributed by atoms with Crippen molar-refractivity contribution in [3.63, 3.8) is 0 Å². The summed E-state index contributed by atoms with van der Waals surface area (Å²) in [5, 5.41) is 0. The van der Waals surface area contributed by atoms with Crippen molar-refractivity contribution >= 4 is 5.71 Å².